The van der Waals surface area contributed by atoms with Crippen LogP contribution in [0, 0.1) is 13.8 Å². The number of rotatable bonds is 4. The predicted molar refractivity (Wildman–Crippen MR) is 88.8 cm³/mol. The van der Waals surface area contributed by atoms with Crippen molar-refractivity contribution in [2.24, 2.45) is 0 Å². The maximum Gasteiger partial charge on any atom is 0.451 e. The minimum Gasteiger partial charge on any atom is -0.443 e. The van der Waals surface area contributed by atoms with Gasteiger partial charge >= 0.3 is 17.8 Å². The topological polar surface area (TPSA) is 72.4 Å². The Balaban J connectivity index is 2.09. The first-order valence-electron chi connectivity index (χ1n) is 7.83. The third-order valence-corrected chi connectivity index (χ3v) is 3.58. The molecule has 0 saturated carbocycles. The zero-order valence-electron chi connectivity index (χ0n) is 14.0. The molecule has 0 aliphatic carbocycles. The van der Waals surface area contributed by atoms with Crippen molar-refractivity contribution in [3.63, 3.8) is 0 Å². The van der Waals surface area contributed by atoms with Gasteiger partial charge in [0.2, 0.25) is 0 Å². The summed E-state index contributed by atoms with van der Waals surface area (Å²) in [4.78, 5) is 16.4. The molecule has 0 fully saturated rings. The van der Waals surface area contributed by atoms with Gasteiger partial charge in [0.1, 0.15) is 0 Å². The Bertz CT molecular complexity index is 874. The van der Waals surface area contributed by atoms with Gasteiger partial charge in [0, 0.05) is 11.2 Å². The van der Waals surface area contributed by atoms with E-state index < -0.39 is 6.09 Å². The van der Waals surface area contributed by atoms with Crippen LogP contribution >= 0.6 is 0 Å². The molecule has 24 heavy (non-hydrogen) atoms. The molecule has 3 aromatic rings. The maximum atomic E-state index is 11.8. The van der Waals surface area contributed by atoms with Crippen LogP contribution < -0.4 is 9.88 Å². The van der Waals surface area contributed by atoms with Crippen LogP contribution in [0.2, 0.25) is 0 Å². The van der Waals surface area contributed by atoms with Crippen LogP contribution in [0.5, 0.6) is 0 Å². The highest BCUT2D eigenvalue weighted by molar-refractivity contribution is 5.81. The fourth-order valence-electron chi connectivity index (χ4n) is 2.56. The average molecular weight is 326 g/mol. The summed E-state index contributed by atoms with van der Waals surface area (Å²) in [7, 11) is 0. The summed E-state index contributed by atoms with van der Waals surface area (Å²) >= 11 is 0. The Morgan fingerprint density at radius 3 is 2.75 bits per heavy atom. The molecule has 3 rings (SSSR count). The molecule has 1 N–H and O–H groups in total. The maximum absolute atomic E-state index is 11.8. The van der Waals surface area contributed by atoms with Gasteiger partial charge in [0.15, 0.2) is 0 Å². The van der Waals surface area contributed by atoms with Crippen LogP contribution in [0.1, 0.15) is 23.9 Å². The van der Waals surface area contributed by atoms with E-state index in [2.05, 4.69) is 15.4 Å². The molecule has 0 radical (unpaired) electrons. The van der Waals surface area contributed by atoms with Crippen LogP contribution in [-0.2, 0) is 11.3 Å². The molecule has 7 heteroatoms. The van der Waals surface area contributed by atoms with Crippen molar-refractivity contribution >= 4 is 17.8 Å². The number of nitrogens with one attached hydrogen (secondary N) is 1. The SMILES string of the molecule is CCOC(=O)Nc1nn2c(C)cc(C)nc2[n+]1Cc1ccccc1. The van der Waals surface area contributed by atoms with E-state index in [9.17, 15) is 4.79 Å². The number of carbonyl (C=O) groups is 1. The van der Waals surface area contributed by atoms with Crippen molar-refractivity contribution in [3.8, 4) is 0 Å². The van der Waals surface area contributed by atoms with Crippen LogP contribution in [-0.4, -0.2) is 27.3 Å². The van der Waals surface area contributed by atoms with Gasteiger partial charge in [-0.2, -0.15) is 0 Å². The Labute approximate surface area is 139 Å². The van der Waals surface area contributed by atoms with Crippen molar-refractivity contribution < 1.29 is 14.1 Å². The lowest BCUT2D eigenvalue weighted by Gasteiger charge is -2.04. The molecule has 7 nitrogen and oxygen atoms in total. The Morgan fingerprint density at radius 2 is 2.04 bits per heavy atom. The molecule has 0 aliphatic heterocycles. The molecule has 0 unspecified atom stereocenters. The lowest BCUT2D eigenvalue weighted by atomic mass is 10.2. The minimum atomic E-state index is -0.530. The molecule has 2 heterocycles. The normalized spacial score (nSPS) is 10.8. The van der Waals surface area contributed by atoms with E-state index in [0.29, 0.717) is 24.9 Å². The lowest BCUT2D eigenvalue weighted by molar-refractivity contribution is -0.651. The number of aryl methyl sites for hydroxylation is 2. The standard InChI is InChI=1S/C17H19N5O2/c1-4-24-17(23)19-15-20-22-13(3)10-12(2)18-16(22)21(15)11-14-8-6-5-7-9-14/h5-10H,4,11H2,1-3H3/p+1. The second-order valence-electron chi connectivity index (χ2n) is 5.49. The first-order chi connectivity index (χ1) is 11.6. The lowest BCUT2D eigenvalue weighted by Crippen LogP contribution is -2.39. The fourth-order valence-corrected chi connectivity index (χ4v) is 2.56. The van der Waals surface area contributed by atoms with Crippen molar-refractivity contribution in [1.29, 1.82) is 0 Å². The number of hydrogen-bond donors (Lipinski definition) is 1. The highest BCUT2D eigenvalue weighted by Gasteiger charge is 2.24. The molecule has 124 valence electrons. The third-order valence-electron chi connectivity index (χ3n) is 3.58. The molecule has 0 atom stereocenters. The van der Waals surface area contributed by atoms with Gasteiger partial charge in [-0.05, 0) is 26.3 Å². The number of hydrogen-bond acceptors (Lipinski definition) is 4. The van der Waals surface area contributed by atoms with Crippen molar-refractivity contribution in [2.75, 3.05) is 11.9 Å². The van der Waals surface area contributed by atoms with E-state index in [-0.39, 0.29) is 0 Å². The summed E-state index contributed by atoms with van der Waals surface area (Å²) in [5.74, 6) is 1.07. The Hall–Kier alpha value is -2.96. The monoisotopic (exact) mass is 326 g/mol. The number of nitrogens with zero attached hydrogens (tertiary/aromatic N) is 4. The summed E-state index contributed by atoms with van der Waals surface area (Å²) in [6.07, 6.45) is -0.530. The summed E-state index contributed by atoms with van der Waals surface area (Å²) in [6.45, 7) is 6.49. The molecule has 0 spiro atoms. The molecular weight excluding hydrogens is 306 g/mol. The van der Waals surface area contributed by atoms with E-state index in [1.165, 1.54) is 0 Å². The molecule has 0 aliphatic rings. The van der Waals surface area contributed by atoms with Crippen LogP contribution in [0.15, 0.2) is 36.4 Å². The van der Waals surface area contributed by atoms with Gasteiger partial charge in [-0.3, -0.25) is 0 Å². The highest BCUT2D eigenvalue weighted by atomic mass is 16.5. The molecule has 0 saturated heterocycles. The quantitative estimate of drug-likeness (QED) is 0.746. The van der Waals surface area contributed by atoms with Gasteiger partial charge in [-0.15, -0.1) is 9.50 Å². The number of fused-ring (bicyclic) bond motifs is 1. The zero-order valence-corrected chi connectivity index (χ0v) is 14.0. The minimum absolute atomic E-state index is 0.300. The Morgan fingerprint density at radius 1 is 1.29 bits per heavy atom. The van der Waals surface area contributed by atoms with Crippen molar-refractivity contribution in [3.05, 3.63) is 53.3 Å². The van der Waals surface area contributed by atoms with Gasteiger partial charge in [0.25, 0.3) is 0 Å². The van der Waals surface area contributed by atoms with E-state index in [0.717, 1.165) is 17.0 Å². The summed E-state index contributed by atoms with van der Waals surface area (Å²) < 4.78 is 8.55. The summed E-state index contributed by atoms with van der Waals surface area (Å²) in [5, 5.41) is 7.17. The molecular formula is C17H20N5O2+. The number of aromatic nitrogens is 4. The number of ether oxygens (including phenoxy) is 1. The van der Waals surface area contributed by atoms with E-state index in [1.54, 1.807) is 11.4 Å². The van der Waals surface area contributed by atoms with E-state index in [4.69, 9.17) is 4.74 Å². The van der Waals surface area contributed by atoms with Gasteiger partial charge in [0.05, 0.1) is 24.5 Å². The van der Waals surface area contributed by atoms with Crippen LogP contribution in [0.25, 0.3) is 5.78 Å². The third kappa shape index (κ3) is 3.19. The van der Waals surface area contributed by atoms with Gasteiger partial charge < -0.3 is 4.74 Å². The van der Waals surface area contributed by atoms with Crippen LogP contribution in [0.4, 0.5) is 10.7 Å². The van der Waals surface area contributed by atoms with E-state index >= 15 is 0 Å². The summed E-state index contributed by atoms with van der Waals surface area (Å²) in [6, 6.07) is 11.9. The van der Waals surface area contributed by atoms with Crippen molar-refractivity contribution in [2.45, 2.75) is 27.3 Å². The number of anilines is 1. The molecule has 0 bridgehead atoms. The first kappa shape index (κ1) is 15.9. The number of amides is 1. The number of carbonyl (C=O) groups excluding carboxylic acids is 1. The zero-order chi connectivity index (χ0) is 17.1. The van der Waals surface area contributed by atoms with Crippen LogP contribution in [0.3, 0.4) is 0 Å². The molecule has 1 amide bonds. The second kappa shape index (κ2) is 6.66. The molecule has 1 aromatic carbocycles. The van der Waals surface area contributed by atoms with Crippen molar-refractivity contribution in [1.82, 2.24) is 14.6 Å². The number of benzene rings is 1. The summed E-state index contributed by atoms with van der Waals surface area (Å²) in [5.41, 5.74) is 2.92. The van der Waals surface area contributed by atoms with E-state index in [1.807, 2.05) is 54.8 Å². The largest absolute Gasteiger partial charge is 0.451 e. The van der Waals surface area contributed by atoms with Gasteiger partial charge in [-0.25, -0.2) is 14.7 Å². The predicted octanol–water partition coefficient (Wildman–Crippen LogP) is 2.25. The first-order valence-corrected chi connectivity index (χ1v) is 7.83. The molecule has 2 aromatic heterocycles. The average Bonchev–Trinajstić information content (AvgIpc) is 2.87. The van der Waals surface area contributed by atoms with Gasteiger partial charge in [-0.1, -0.05) is 30.3 Å². The highest BCUT2D eigenvalue weighted by Crippen LogP contribution is 2.09. The second-order valence-corrected chi connectivity index (χ2v) is 5.49. The smallest absolute Gasteiger partial charge is 0.443 e. The Kier molecular flexibility index (Phi) is 4.41. The fraction of sp³-hybridized carbons (Fsp3) is 0.294.